The number of aryl methyl sites for hydroxylation is 1. The van der Waals surface area contributed by atoms with Crippen LogP contribution in [0.5, 0.6) is 0 Å². The van der Waals surface area contributed by atoms with Crippen LogP contribution in [0.2, 0.25) is 0 Å². The van der Waals surface area contributed by atoms with Crippen molar-refractivity contribution in [2.24, 2.45) is 5.92 Å². The van der Waals surface area contributed by atoms with Gasteiger partial charge in [-0.25, -0.2) is 0 Å². The molecular weight excluding hydrogens is 204 g/mol. The molecule has 0 aliphatic rings. The maximum atomic E-state index is 9.49. The van der Waals surface area contributed by atoms with Crippen LogP contribution in [0.25, 0.3) is 0 Å². The van der Waals surface area contributed by atoms with E-state index in [0.717, 1.165) is 18.1 Å². The highest BCUT2D eigenvalue weighted by Gasteiger charge is 1.97. The Morgan fingerprint density at radius 2 is 2.19 bits per heavy atom. The van der Waals surface area contributed by atoms with E-state index < -0.39 is 5.97 Å². The summed E-state index contributed by atoms with van der Waals surface area (Å²) in [6.07, 6.45) is 4.87. The van der Waals surface area contributed by atoms with Crippen LogP contribution in [0.4, 0.5) is 0 Å². The normalized spacial score (nSPS) is 9.75. The van der Waals surface area contributed by atoms with Crippen molar-refractivity contribution in [3.05, 3.63) is 24.2 Å². The van der Waals surface area contributed by atoms with Crippen molar-refractivity contribution in [3.63, 3.8) is 0 Å². The third kappa shape index (κ3) is 9.31. The van der Waals surface area contributed by atoms with Gasteiger partial charge >= 0.3 is 0 Å². The summed E-state index contributed by atoms with van der Waals surface area (Å²) in [5, 5.41) is 9.49. The summed E-state index contributed by atoms with van der Waals surface area (Å²) in [6.45, 7) is 6.25. The molecule has 0 atom stereocenters. The lowest BCUT2D eigenvalue weighted by Gasteiger charge is -1.99. The second-order valence-electron chi connectivity index (χ2n) is 4.13. The Balaban J connectivity index is 0.000000325. The summed E-state index contributed by atoms with van der Waals surface area (Å²) < 4.78 is 5.18. The lowest BCUT2D eigenvalue weighted by atomic mass is 10.1. The molecule has 0 fully saturated rings. The van der Waals surface area contributed by atoms with E-state index in [-0.39, 0.29) is 6.42 Å². The van der Waals surface area contributed by atoms with E-state index in [4.69, 9.17) is 4.42 Å². The highest BCUT2D eigenvalue weighted by Crippen LogP contribution is 2.08. The van der Waals surface area contributed by atoms with Gasteiger partial charge in [-0.05, 0) is 30.9 Å². The minimum Gasteiger partial charge on any atom is -0.550 e. The molecule has 0 aromatic carbocycles. The molecular formula is C13H21O3-. The molecule has 0 N–H and O–H groups in total. The van der Waals surface area contributed by atoms with Gasteiger partial charge < -0.3 is 14.3 Å². The molecule has 92 valence electrons. The molecule has 1 heterocycles. The summed E-state index contributed by atoms with van der Waals surface area (Å²) in [5.41, 5.74) is 0. The maximum Gasteiger partial charge on any atom is 0.103 e. The van der Waals surface area contributed by atoms with E-state index in [1.165, 1.54) is 6.42 Å². The van der Waals surface area contributed by atoms with Gasteiger partial charge in [0.25, 0.3) is 0 Å². The fraction of sp³-hybridized carbons (Fsp3) is 0.615. The van der Waals surface area contributed by atoms with Gasteiger partial charge in [0.05, 0.1) is 6.26 Å². The molecule has 0 unspecified atom stereocenters. The number of carboxylic acids is 1. The summed E-state index contributed by atoms with van der Waals surface area (Å²) in [6, 6.07) is 3.97. The molecule has 1 aromatic heterocycles. The Bertz CT molecular complexity index is 263. The number of carboxylic acid groups (broad SMARTS) is 1. The second kappa shape index (κ2) is 9.01. The van der Waals surface area contributed by atoms with E-state index in [0.29, 0.717) is 6.42 Å². The van der Waals surface area contributed by atoms with Gasteiger partial charge in [0.1, 0.15) is 5.76 Å². The van der Waals surface area contributed by atoms with Gasteiger partial charge in [-0.1, -0.05) is 27.2 Å². The van der Waals surface area contributed by atoms with Crippen LogP contribution in [0.15, 0.2) is 22.8 Å². The zero-order valence-electron chi connectivity index (χ0n) is 10.4. The van der Waals surface area contributed by atoms with Gasteiger partial charge in [-0.3, -0.25) is 0 Å². The SMILES string of the molecule is CC(C)CCc1ccco1.CCCC(=O)[O-]. The highest BCUT2D eigenvalue weighted by molar-refractivity contribution is 5.63. The predicted molar refractivity (Wildman–Crippen MR) is 61.8 cm³/mol. The number of furan rings is 1. The number of rotatable bonds is 5. The van der Waals surface area contributed by atoms with Crippen molar-refractivity contribution in [3.8, 4) is 0 Å². The lowest BCUT2D eigenvalue weighted by molar-refractivity contribution is -0.305. The first kappa shape index (κ1) is 14.8. The van der Waals surface area contributed by atoms with E-state index in [1.54, 1.807) is 13.2 Å². The van der Waals surface area contributed by atoms with Gasteiger partial charge in [0.15, 0.2) is 0 Å². The topological polar surface area (TPSA) is 53.3 Å². The van der Waals surface area contributed by atoms with Crippen LogP contribution in [0.1, 0.15) is 45.8 Å². The van der Waals surface area contributed by atoms with Crippen molar-refractivity contribution in [2.45, 2.75) is 46.5 Å². The van der Waals surface area contributed by atoms with E-state index in [9.17, 15) is 9.90 Å². The van der Waals surface area contributed by atoms with Gasteiger partial charge in [0, 0.05) is 12.4 Å². The molecule has 1 rings (SSSR count). The fourth-order valence-electron chi connectivity index (χ4n) is 1.09. The molecule has 0 aliphatic heterocycles. The molecule has 0 saturated heterocycles. The van der Waals surface area contributed by atoms with Crippen molar-refractivity contribution in [1.29, 1.82) is 0 Å². The summed E-state index contributed by atoms with van der Waals surface area (Å²) >= 11 is 0. The number of hydrogen-bond acceptors (Lipinski definition) is 3. The van der Waals surface area contributed by atoms with Crippen LogP contribution >= 0.6 is 0 Å². The zero-order valence-corrected chi connectivity index (χ0v) is 10.4. The smallest absolute Gasteiger partial charge is 0.103 e. The molecule has 0 amide bonds. The van der Waals surface area contributed by atoms with Gasteiger partial charge in [-0.2, -0.15) is 0 Å². The van der Waals surface area contributed by atoms with Crippen molar-refractivity contribution in [1.82, 2.24) is 0 Å². The predicted octanol–water partition coefficient (Wildman–Crippen LogP) is 2.40. The highest BCUT2D eigenvalue weighted by atomic mass is 16.4. The standard InChI is InChI=1S/C9H14O.C4H8O2/c1-8(2)5-6-9-4-3-7-10-9;1-2-3-4(5)6/h3-4,7-8H,5-6H2,1-2H3;2-3H2,1H3,(H,5,6)/p-1. The molecule has 0 saturated carbocycles. The van der Waals surface area contributed by atoms with Crippen LogP contribution < -0.4 is 5.11 Å². The zero-order chi connectivity index (χ0) is 12.4. The number of carbonyl (C=O) groups excluding carboxylic acids is 1. The van der Waals surface area contributed by atoms with Crippen LogP contribution in [0.3, 0.4) is 0 Å². The van der Waals surface area contributed by atoms with Crippen LogP contribution in [0, 0.1) is 5.92 Å². The third-order valence-corrected chi connectivity index (χ3v) is 2.00. The Hall–Kier alpha value is -1.25. The van der Waals surface area contributed by atoms with Gasteiger partial charge in [-0.15, -0.1) is 0 Å². The molecule has 0 aliphatic carbocycles. The fourth-order valence-corrected chi connectivity index (χ4v) is 1.09. The minimum absolute atomic E-state index is 0.181. The summed E-state index contributed by atoms with van der Waals surface area (Å²) in [5.74, 6) is 0.913. The molecule has 0 bridgehead atoms. The monoisotopic (exact) mass is 225 g/mol. The van der Waals surface area contributed by atoms with Gasteiger partial charge in [0.2, 0.25) is 0 Å². The Labute approximate surface area is 97.5 Å². The number of carbonyl (C=O) groups is 1. The molecule has 3 nitrogen and oxygen atoms in total. The van der Waals surface area contributed by atoms with E-state index in [2.05, 4.69) is 13.8 Å². The van der Waals surface area contributed by atoms with Crippen LogP contribution in [-0.2, 0) is 11.2 Å². The molecule has 0 radical (unpaired) electrons. The molecule has 1 aromatic rings. The third-order valence-electron chi connectivity index (χ3n) is 2.00. The number of aliphatic carboxylic acids is 1. The average molecular weight is 225 g/mol. The lowest BCUT2D eigenvalue weighted by Crippen LogP contribution is -2.20. The molecule has 16 heavy (non-hydrogen) atoms. The Morgan fingerprint density at radius 1 is 1.50 bits per heavy atom. The second-order valence-corrected chi connectivity index (χ2v) is 4.13. The van der Waals surface area contributed by atoms with Crippen molar-refractivity contribution >= 4 is 5.97 Å². The number of hydrogen-bond donors (Lipinski definition) is 0. The van der Waals surface area contributed by atoms with E-state index in [1.807, 2.05) is 12.1 Å². The first-order chi connectivity index (χ1) is 7.56. The Kier molecular flexibility index (Phi) is 8.31. The van der Waals surface area contributed by atoms with Crippen molar-refractivity contribution < 1.29 is 14.3 Å². The summed E-state index contributed by atoms with van der Waals surface area (Å²) in [4.78, 5) is 9.49. The first-order valence-electron chi connectivity index (χ1n) is 5.78. The van der Waals surface area contributed by atoms with E-state index >= 15 is 0 Å². The largest absolute Gasteiger partial charge is 0.550 e. The maximum absolute atomic E-state index is 9.49. The molecule has 0 spiro atoms. The first-order valence-corrected chi connectivity index (χ1v) is 5.78. The van der Waals surface area contributed by atoms with Crippen LogP contribution in [-0.4, -0.2) is 5.97 Å². The average Bonchev–Trinajstić information content (AvgIpc) is 2.67. The Morgan fingerprint density at radius 3 is 2.50 bits per heavy atom. The summed E-state index contributed by atoms with van der Waals surface area (Å²) in [7, 11) is 0. The van der Waals surface area contributed by atoms with Crippen molar-refractivity contribution in [2.75, 3.05) is 0 Å². The quantitative estimate of drug-likeness (QED) is 0.773. The molecule has 3 heteroatoms. The minimum atomic E-state index is -0.961.